The zero-order valence-corrected chi connectivity index (χ0v) is 10.1. The SMILES string of the molecule is C[C@@H]1O[C@H]1C(F)(F)C(F)(F)C(F)(F)C(F)(F)[C@H]1O[C@H]1C. The van der Waals surface area contributed by atoms with Crippen LogP contribution in [0, 0.1) is 0 Å². The van der Waals surface area contributed by atoms with E-state index in [0.717, 1.165) is 13.8 Å². The van der Waals surface area contributed by atoms with Crippen LogP contribution in [-0.2, 0) is 9.47 Å². The van der Waals surface area contributed by atoms with Crippen molar-refractivity contribution in [2.75, 3.05) is 0 Å². The molecule has 0 N–H and O–H groups in total. The van der Waals surface area contributed by atoms with Crippen molar-refractivity contribution in [2.45, 2.75) is 62.0 Å². The summed E-state index contributed by atoms with van der Waals surface area (Å²) in [6.45, 7) is 1.88. The summed E-state index contributed by atoms with van der Waals surface area (Å²) < 4.78 is 115. The quantitative estimate of drug-likeness (QED) is 0.575. The van der Waals surface area contributed by atoms with Gasteiger partial charge in [-0.25, -0.2) is 0 Å². The fourth-order valence-corrected chi connectivity index (χ4v) is 1.91. The van der Waals surface area contributed by atoms with Gasteiger partial charge in [0.2, 0.25) is 0 Å². The van der Waals surface area contributed by atoms with E-state index in [0.29, 0.717) is 0 Å². The summed E-state index contributed by atoms with van der Waals surface area (Å²) in [7, 11) is 0. The molecule has 0 unspecified atom stereocenters. The van der Waals surface area contributed by atoms with Gasteiger partial charge in [0.1, 0.15) is 0 Å². The number of epoxide rings is 2. The monoisotopic (exact) mass is 314 g/mol. The lowest BCUT2D eigenvalue weighted by Gasteiger charge is -2.35. The number of ether oxygens (including phenoxy) is 2. The summed E-state index contributed by atoms with van der Waals surface area (Å²) >= 11 is 0. The Bertz CT molecular complexity index is 372. The highest BCUT2D eigenvalue weighted by atomic mass is 19.4. The Kier molecular flexibility index (Phi) is 3.12. The van der Waals surface area contributed by atoms with Gasteiger partial charge in [0, 0.05) is 0 Å². The summed E-state index contributed by atoms with van der Waals surface area (Å²) in [4.78, 5) is 0. The summed E-state index contributed by atoms with van der Waals surface area (Å²) in [5, 5.41) is 0. The van der Waals surface area contributed by atoms with E-state index in [1.54, 1.807) is 0 Å². The maximum absolute atomic E-state index is 13.3. The van der Waals surface area contributed by atoms with Crippen molar-refractivity contribution < 1.29 is 44.6 Å². The number of alkyl halides is 8. The molecule has 2 saturated heterocycles. The third-order valence-electron chi connectivity index (χ3n) is 3.37. The van der Waals surface area contributed by atoms with Crippen LogP contribution in [0.15, 0.2) is 0 Å². The molecule has 2 aliphatic rings. The first kappa shape index (κ1) is 15.7. The lowest BCUT2D eigenvalue weighted by Crippen LogP contribution is -2.65. The average molecular weight is 314 g/mol. The van der Waals surface area contributed by atoms with E-state index < -0.39 is 48.1 Å². The maximum atomic E-state index is 13.3. The highest BCUT2D eigenvalue weighted by Crippen LogP contribution is 2.59. The molecule has 2 aliphatic heterocycles. The van der Waals surface area contributed by atoms with Gasteiger partial charge in [-0.2, -0.15) is 35.1 Å². The van der Waals surface area contributed by atoms with Crippen LogP contribution in [0.25, 0.3) is 0 Å². The van der Waals surface area contributed by atoms with Crippen LogP contribution in [0.4, 0.5) is 35.1 Å². The van der Waals surface area contributed by atoms with Crippen LogP contribution in [0.1, 0.15) is 13.8 Å². The highest BCUT2D eigenvalue weighted by Gasteiger charge is 2.87. The van der Waals surface area contributed by atoms with E-state index in [-0.39, 0.29) is 0 Å². The van der Waals surface area contributed by atoms with Crippen LogP contribution >= 0.6 is 0 Å². The molecule has 2 rings (SSSR count). The lowest BCUT2D eigenvalue weighted by atomic mass is 9.93. The minimum Gasteiger partial charge on any atom is -0.363 e. The second-order valence-electron chi connectivity index (χ2n) is 4.92. The van der Waals surface area contributed by atoms with E-state index in [2.05, 4.69) is 9.47 Å². The standard InChI is InChI=1S/C10H10F8O2/c1-3-5(19-3)7(11,12)9(15,16)10(17,18)8(13,14)6-4(2)20-6/h3-6H,1-2H3/t3-,4-,5-,6+/m0/s1. The molecule has 4 atom stereocenters. The Morgan fingerprint density at radius 3 is 0.950 bits per heavy atom. The van der Waals surface area contributed by atoms with Crippen molar-refractivity contribution >= 4 is 0 Å². The lowest BCUT2D eigenvalue weighted by molar-refractivity contribution is -0.371. The fourth-order valence-electron chi connectivity index (χ4n) is 1.91. The van der Waals surface area contributed by atoms with Crippen LogP contribution in [-0.4, -0.2) is 48.1 Å². The van der Waals surface area contributed by atoms with E-state index in [1.165, 1.54) is 0 Å². The molecule has 10 heteroatoms. The molecule has 0 aromatic carbocycles. The topological polar surface area (TPSA) is 25.1 Å². The molecule has 0 aromatic rings. The number of hydrogen-bond acceptors (Lipinski definition) is 2. The van der Waals surface area contributed by atoms with E-state index in [4.69, 9.17) is 0 Å². The third kappa shape index (κ3) is 1.83. The molecular formula is C10H10F8O2. The van der Waals surface area contributed by atoms with Crippen LogP contribution in [0.5, 0.6) is 0 Å². The Balaban J connectivity index is 2.31. The predicted octanol–water partition coefficient (Wildman–Crippen LogP) is 3.10. The smallest absolute Gasteiger partial charge is 0.363 e. The Labute approximate surface area is 108 Å². The van der Waals surface area contributed by atoms with Gasteiger partial charge in [0.05, 0.1) is 12.2 Å². The van der Waals surface area contributed by atoms with E-state index in [1.807, 2.05) is 0 Å². The van der Waals surface area contributed by atoms with Crippen molar-refractivity contribution in [1.29, 1.82) is 0 Å². The second kappa shape index (κ2) is 3.96. The summed E-state index contributed by atoms with van der Waals surface area (Å²) in [6.07, 6.45) is -7.85. The van der Waals surface area contributed by atoms with Crippen LogP contribution in [0.2, 0.25) is 0 Å². The predicted molar refractivity (Wildman–Crippen MR) is 48.5 cm³/mol. The Morgan fingerprint density at radius 1 is 0.600 bits per heavy atom. The molecule has 0 saturated carbocycles. The first-order chi connectivity index (χ1) is 8.78. The summed E-state index contributed by atoms with van der Waals surface area (Å²) in [6, 6.07) is 0. The zero-order valence-electron chi connectivity index (χ0n) is 10.1. The van der Waals surface area contributed by atoms with Gasteiger partial charge < -0.3 is 9.47 Å². The first-order valence-electron chi connectivity index (χ1n) is 5.60. The Hall–Kier alpha value is -0.640. The van der Waals surface area contributed by atoms with E-state index in [9.17, 15) is 35.1 Å². The normalized spacial score (nSPS) is 35.1. The molecule has 20 heavy (non-hydrogen) atoms. The number of halogens is 8. The van der Waals surface area contributed by atoms with Crippen molar-refractivity contribution in [3.8, 4) is 0 Å². The first-order valence-corrected chi connectivity index (χ1v) is 5.60. The molecule has 0 aliphatic carbocycles. The van der Waals surface area contributed by atoms with Gasteiger partial charge in [-0.3, -0.25) is 0 Å². The third-order valence-corrected chi connectivity index (χ3v) is 3.37. The molecule has 118 valence electrons. The molecular weight excluding hydrogens is 304 g/mol. The van der Waals surface area contributed by atoms with Crippen LogP contribution in [0.3, 0.4) is 0 Å². The fraction of sp³-hybridized carbons (Fsp3) is 1.00. The van der Waals surface area contributed by atoms with Gasteiger partial charge in [-0.1, -0.05) is 0 Å². The van der Waals surface area contributed by atoms with Crippen molar-refractivity contribution in [2.24, 2.45) is 0 Å². The number of hydrogen-bond donors (Lipinski definition) is 0. The van der Waals surface area contributed by atoms with Crippen molar-refractivity contribution in [1.82, 2.24) is 0 Å². The molecule has 2 fully saturated rings. The van der Waals surface area contributed by atoms with Crippen molar-refractivity contribution in [3.63, 3.8) is 0 Å². The highest BCUT2D eigenvalue weighted by molar-refractivity contribution is 5.14. The molecule has 2 heterocycles. The van der Waals surface area contributed by atoms with Gasteiger partial charge in [0.15, 0.2) is 12.2 Å². The molecule has 0 spiro atoms. The summed E-state index contributed by atoms with van der Waals surface area (Å²) in [5.74, 6) is -23.4. The molecule has 0 aromatic heterocycles. The summed E-state index contributed by atoms with van der Waals surface area (Å²) in [5.41, 5.74) is 0. The molecule has 0 amide bonds. The largest absolute Gasteiger partial charge is 0.381 e. The zero-order chi connectivity index (χ0) is 15.7. The molecule has 0 radical (unpaired) electrons. The maximum Gasteiger partial charge on any atom is 0.381 e. The molecule has 0 bridgehead atoms. The second-order valence-corrected chi connectivity index (χ2v) is 4.92. The van der Waals surface area contributed by atoms with Gasteiger partial charge in [-0.05, 0) is 13.8 Å². The van der Waals surface area contributed by atoms with Gasteiger partial charge in [0.25, 0.3) is 0 Å². The average Bonchev–Trinajstić information content (AvgIpc) is 3.16. The minimum absolute atomic E-state index is 0.941. The minimum atomic E-state index is -6.27. The van der Waals surface area contributed by atoms with E-state index >= 15 is 0 Å². The van der Waals surface area contributed by atoms with Crippen LogP contribution < -0.4 is 0 Å². The van der Waals surface area contributed by atoms with Crippen molar-refractivity contribution in [3.05, 3.63) is 0 Å². The number of rotatable bonds is 5. The Morgan fingerprint density at radius 2 is 0.800 bits per heavy atom. The van der Waals surface area contributed by atoms with Gasteiger partial charge in [-0.15, -0.1) is 0 Å². The molecule has 2 nitrogen and oxygen atoms in total. The van der Waals surface area contributed by atoms with Gasteiger partial charge >= 0.3 is 23.7 Å².